The Kier molecular flexibility index (Phi) is 2.27. The molecule has 0 aromatic carbocycles. The summed E-state index contributed by atoms with van der Waals surface area (Å²) >= 11 is 0. The van der Waals surface area contributed by atoms with Gasteiger partial charge in [0.2, 0.25) is 0 Å². The molecule has 0 aliphatic carbocycles. The molecule has 0 saturated carbocycles. The molecule has 3 aromatic rings. The van der Waals surface area contributed by atoms with Crippen molar-refractivity contribution in [3.63, 3.8) is 0 Å². The van der Waals surface area contributed by atoms with Crippen molar-refractivity contribution in [2.45, 2.75) is 6.54 Å². The fraction of sp³-hybridized carbons (Fsp3) is 0.0909. The molecule has 0 saturated heterocycles. The van der Waals surface area contributed by atoms with Gasteiger partial charge in [0, 0.05) is 36.9 Å². The summed E-state index contributed by atoms with van der Waals surface area (Å²) in [5, 5.41) is 4.43. The molecule has 0 fully saturated rings. The minimum atomic E-state index is 0.367. The first-order valence-electron chi connectivity index (χ1n) is 5.19. The van der Waals surface area contributed by atoms with Crippen molar-refractivity contribution in [1.29, 1.82) is 0 Å². The van der Waals surface area contributed by atoms with Crippen molar-refractivity contribution >= 4 is 5.65 Å². The molecule has 3 rings (SSSR count). The zero-order chi connectivity index (χ0) is 11.7. The normalized spacial score (nSPS) is 10.9. The molecule has 3 aromatic heterocycles. The molecule has 2 N–H and O–H groups in total. The monoisotopic (exact) mass is 226 g/mol. The van der Waals surface area contributed by atoms with E-state index in [2.05, 4.69) is 20.1 Å². The fourth-order valence-electron chi connectivity index (χ4n) is 1.75. The molecule has 0 aliphatic rings. The minimum Gasteiger partial charge on any atom is -0.326 e. The third kappa shape index (κ3) is 1.55. The van der Waals surface area contributed by atoms with Crippen LogP contribution in [0.2, 0.25) is 0 Å². The summed E-state index contributed by atoms with van der Waals surface area (Å²) in [6.07, 6.45) is 8.48. The second kappa shape index (κ2) is 3.91. The van der Waals surface area contributed by atoms with E-state index >= 15 is 0 Å². The lowest BCUT2D eigenvalue weighted by molar-refractivity contribution is 0.939. The van der Waals surface area contributed by atoms with E-state index in [9.17, 15) is 0 Å². The molecule has 0 bridgehead atoms. The van der Waals surface area contributed by atoms with Crippen LogP contribution in [0.25, 0.3) is 17.0 Å². The summed E-state index contributed by atoms with van der Waals surface area (Å²) in [5.74, 6) is 0. The van der Waals surface area contributed by atoms with Crippen LogP contribution < -0.4 is 5.73 Å². The minimum absolute atomic E-state index is 0.367. The maximum atomic E-state index is 5.76. The van der Waals surface area contributed by atoms with E-state index in [1.165, 1.54) is 0 Å². The van der Waals surface area contributed by atoms with Crippen molar-refractivity contribution in [2.24, 2.45) is 5.73 Å². The maximum Gasteiger partial charge on any atom is 0.160 e. The molecule has 0 aliphatic heterocycles. The van der Waals surface area contributed by atoms with Gasteiger partial charge in [-0.25, -0.2) is 9.50 Å². The Morgan fingerprint density at radius 3 is 2.88 bits per heavy atom. The molecule has 0 unspecified atom stereocenters. The predicted octanol–water partition coefficient (Wildman–Crippen LogP) is 0.645. The van der Waals surface area contributed by atoms with Gasteiger partial charge < -0.3 is 5.73 Å². The first kappa shape index (κ1) is 9.86. The van der Waals surface area contributed by atoms with Gasteiger partial charge in [-0.15, -0.1) is 0 Å². The number of nitrogens with two attached hydrogens (primary N) is 1. The smallest absolute Gasteiger partial charge is 0.160 e. The van der Waals surface area contributed by atoms with Gasteiger partial charge in [0.15, 0.2) is 5.65 Å². The van der Waals surface area contributed by atoms with Crippen molar-refractivity contribution in [1.82, 2.24) is 24.6 Å². The van der Waals surface area contributed by atoms with Gasteiger partial charge in [0.1, 0.15) is 11.4 Å². The van der Waals surface area contributed by atoms with Crippen LogP contribution in [-0.2, 0) is 6.54 Å². The van der Waals surface area contributed by atoms with Crippen LogP contribution in [-0.4, -0.2) is 24.6 Å². The highest BCUT2D eigenvalue weighted by molar-refractivity contribution is 5.67. The third-order valence-electron chi connectivity index (χ3n) is 2.50. The molecule has 0 radical (unpaired) electrons. The zero-order valence-electron chi connectivity index (χ0n) is 8.98. The van der Waals surface area contributed by atoms with Gasteiger partial charge in [-0.1, -0.05) is 0 Å². The average Bonchev–Trinajstić information content (AvgIpc) is 2.78. The van der Waals surface area contributed by atoms with E-state index < -0.39 is 0 Å². The molecular weight excluding hydrogens is 216 g/mol. The number of aromatic nitrogens is 5. The lowest BCUT2D eigenvalue weighted by atomic mass is 10.2. The van der Waals surface area contributed by atoms with Crippen LogP contribution in [0.15, 0.2) is 37.1 Å². The van der Waals surface area contributed by atoms with Crippen molar-refractivity contribution < 1.29 is 0 Å². The first-order valence-corrected chi connectivity index (χ1v) is 5.19. The summed E-state index contributed by atoms with van der Waals surface area (Å²) < 4.78 is 1.70. The molecule has 0 spiro atoms. The van der Waals surface area contributed by atoms with Crippen LogP contribution >= 0.6 is 0 Å². The quantitative estimate of drug-likeness (QED) is 0.693. The first-order chi connectivity index (χ1) is 8.40. The Labute approximate surface area is 97.2 Å². The standard InChI is InChI=1S/C11H10N6/c12-6-8-10(9-7-13-3-4-14-9)16-17-5-1-2-15-11(8)17/h1-5,7H,6,12H2. The summed E-state index contributed by atoms with van der Waals surface area (Å²) in [6.45, 7) is 0.367. The molecule has 0 amide bonds. The molecular formula is C11H10N6. The molecule has 17 heavy (non-hydrogen) atoms. The largest absolute Gasteiger partial charge is 0.326 e. The van der Waals surface area contributed by atoms with Crippen LogP contribution in [0.4, 0.5) is 0 Å². The average molecular weight is 226 g/mol. The van der Waals surface area contributed by atoms with Gasteiger partial charge in [-0.05, 0) is 6.07 Å². The Hall–Kier alpha value is -2.34. The van der Waals surface area contributed by atoms with Crippen molar-refractivity contribution in [2.75, 3.05) is 0 Å². The number of rotatable bonds is 2. The molecule has 6 heteroatoms. The third-order valence-corrected chi connectivity index (χ3v) is 2.50. The molecule has 84 valence electrons. The predicted molar refractivity (Wildman–Crippen MR) is 61.9 cm³/mol. The summed E-state index contributed by atoms with van der Waals surface area (Å²) in [6, 6.07) is 1.82. The van der Waals surface area contributed by atoms with E-state index in [4.69, 9.17) is 5.73 Å². The molecule has 0 atom stereocenters. The number of hydrogen-bond acceptors (Lipinski definition) is 5. The number of nitrogens with zero attached hydrogens (tertiary/aromatic N) is 5. The van der Waals surface area contributed by atoms with E-state index in [0.717, 1.165) is 16.9 Å². The lowest BCUT2D eigenvalue weighted by Gasteiger charge is -1.97. The Morgan fingerprint density at radius 1 is 1.18 bits per heavy atom. The maximum absolute atomic E-state index is 5.76. The second-order valence-corrected chi connectivity index (χ2v) is 3.51. The highest BCUT2D eigenvalue weighted by Crippen LogP contribution is 2.21. The van der Waals surface area contributed by atoms with Crippen LogP contribution in [0, 0.1) is 0 Å². The summed E-state index contributed by atoms with van der Waals surface area (Å²) in [5.41, 5.74) is 8.84. The second-order valence-electron chi connectivity index (χ2n) is 3.51. The van der Waals surface area contributed by atoms with E-state index in [-0.39, 0.29) is 0 Å². The highest BCUT2D eigenvalue weighted by atomic mass is 15.3. The van der Waals surface area contributed by atoms with Gasteiger partial charge in [0.05, 0.1) is 6.20 Å². The Morgan fingerprint density at radius 2 is 2.12 bits per heavy atom. The van der Waals surface area contributed by atoms with Crippen LogP contribution in [0.1, 0.15) is 5.56 Å². The SMILES string of the molecule is NCc1c(-c2cnccn2)nn2cccnc12. The Bertz CT molecular complexity index is 645. The van der Waals surface area contributed by atoms with E-state index in [1.54, 1.807) is 29.3 Å². The molecule has 3 heterocycles. The van der Waals surface area contributed by atoms with E-state index in [1.807, 2.05) is 12.3 Å². The number of fused-ring (bicyclic) bond motifs is 1. The fourth-order valence-corrected chi connectivity index (χ4v) is 1.75. The van der Waals surface area contributed by atoms with Gasteiger partial charge in [-0.3, -0.25) is 9.97 Å². The van der Waals surface area contributed by atoms with E-state index in [0.29, 0.717) is 12.2 Å². The van der Waals surface area contributed by atoms with Gasteiger partial charge >= 0.3 is 0 Å². The van der Waals surface area contributed by atoms with Crippen molar-refractivity contribution in [3.8, 4) is 11.4 Å². The zero-order valence-corrected chi connectivity index (χ0v) is 8.98. The van der Waals surface area contributed by atoms with Crippen LogP contribution in [0.3, 0.4) is 0 Å². The Balaban J connectivity index is 2.30. The number of hydrogen-bond donors (Lipinski definition) is 1. The summed E-state index contributed by atoms with van der Waals surface area (Å²) in [4.78, 5) is 12.5. The van der Waals surface area contributed by atoms with Crippen molar-refractivity contribution in [3.05, 3.63) is 42.6 Å². The van der Waals surface area contributed by atoms with Crippen LogP contribution in [0.5, 0.6) is 0 Å². The lowest BCUT2D eigenvalue weighted by Crippen LogP contribution is -1.99. The topological polar surface area (TPSA) is 82.0 Å². The van der Waals surface area contributed by atoms with Gasteiger partial charge in [-0.2, -0.15) is 5.10 Å². The van der Waals surface area contributed by atoms with Gasteiger partial charge in [0.25, 0.3) is 0 Å². The summed E-state index contributed by atoms with van der Waals surface area (Å²) in [7, 11) is 0. The highest BCUT2D eigenvalue weighted by Gasteiger charge is 2.14. The molecule has 6 nitrogen and oxygen atoms in total.